The Bertz CT molecular complexity index is 385. The van der Waals surface area contributed by atoms with Crippen molar-refractivity contribution in [2.24, 2.45) is 0 Å². The molecule has 3 nitrogen and oxygen atoms in total. The Morgan fingerprint density at radius 3 is 2.93 bits per heavy atom. The van der Waals surface area contributed by atoms with Crippen LogP contribution in [0, 0.1) is 0 Å². The van der Waals surface area contributed by atoms with Crippen LogP contribution < -0.4 is 0 Å². The van der Waals surface area contributed by atoms with Crippen molar-refractivity contribution in [1.29, 1.82) is 0 Å². The molecule has 0 atom stereocenters. The minimum atomic E-state index is -0.400. The fourth-order valence-corrected chi connectivity index (χ4v) is 1.42. The maximum absolute atomic E-state index is 10.8. The molecule has 0 unspecified atom stereocenters. The molecule has 0 radical (unpaired) electrons. The molecule has 0 aliphatic carbocycles. The molecule has 0 amide bonds. The van der Waals surface area contributed by atoms with Gasteiger partial charge in [-0.2, -0.15) is 0 Å². The van der Waals surface area contributed by atoms with Crippen molar-refractivity contribution in [2.45, 2.75) is 6.61 Å². The normalized spacial score (nSPS) is 10.6. The number of benzene rings is 1. The molecular weight excluding hydrogens is 260 g/mol. The minimum absolute atomic E-state index is 0.0412. The lowest BCUT2D eigenvalue weighted by Gasteiger charge is -2.01. The van der Waals surface area contributed by atoms with Crippen LogP contribution in [0.1, 0.15) is 11.1 Å². The minimum Gasteiger partial charge on any atom is -0.466 e. The van der Waals surface area contributed by atoms with Gasteiger partial charge >= 0.3 is 5.97 Å². The molecule has 0 saturated carbocycles. The first-order chi connectivity index (χ1) is 7.17. The molecule has 80 valence electrons. The van der Waals surface area contributed by atoms with Gasteiger partial charge in [-0.3, -0.25) is 0 Å². The topological polar surface area (TPSA) is 46.5 Å². The van der Waals surface area contributed by atoms with Gasteiger partial charge in [-0.25, -0.2) is 4.79 Å². The Morgan fingerprint density at radius 1 is 1.60 bits per heavy atom. The predicted octanol–water partition coefficient (Wildman–Crippen LogP) is 2.13. The van der Waals surface area contributed by atoms with Crippen molar-refractivity contribution in [3.8, 4) is 0 Å². The molecule has 0 spiro atoms. The van der Waals surface area contributed by atoms with Gasteiger partial charge in [-0.15, -0.1) is 0 Å². The summed E-state index contributed by atoms with van der Waals surface area (Å²) in [6.45, 7) is -0.0412. The second-order valence-electron chi connectivity index (χ2n) is 2.87. The highest BCUT2D eigenvalue weighted by atomic mass is 79.9. The SMILES string of the molecule is COC(=O)C=Cc1ccc(Br)c(CO)c1. The lowest BCUT2D eigenvalue weighted by molar-refractivity contribution is -0.134. The number of rotatable bonds is 3. The number of hydrogen-bond donors (Lipinski definition) is 1. The van der Waals surface area contributed by atoms with Gasteiger partial charge in [0.2, 0.25) is 0 Å². The van der Waals surface area contributed by atoms with Crippen LogP contribution in [0.2, 0.25) is 0 Å². The number of carbonyl (C=O) groups excluding carboxylic acids is 1. The average molecular weight is 271 g/mol. The number of carbonyl (C=O) groups is 1. The van der Waals surface area contributed by atoms with E-state index in [1.807, 2.05) is 12.1 Å². The molecule has 0 bridgehead atoms. The van der Waals surface area contributed by atoms with E-state index in [0.717, 1.165) is 15.6 Å². The van der Waals surface area contributed by atoms with Crippen LogP contribution >= 0.6 is 15.9 Å². The molecule has 4 heteroatoms. The van der Waals surface area contributed by atoms with Gasteiger partial charge in [-0.1, -0.05) is 22.0 Å². The van der Waals surface area contributed by atoms with E-state index < -0.39 is 5.97 Å². The lowest BCUT2D eigenvalue weighted by atomic mass is 10.1. The summed E-state index contributed by atoms with van der Waals surface area (Å²) in [7, 11) is 1.33. The van der Waals surface area contributed by atoms with Crippen molar-refractivity contribution in [3.05, 3.63) is 39.9 Å². The van der Waals surface area contributed by atoms with E-state index in [9.17, 15) is 4.79 Å². The van der Waals surface area contributed by atoms with Crippen molar-refractivity contribution < 1.29 is 14.6 Å². The standard InChI is InChI=1S/C11H11BrO3/c1-15-11(14)5-3-8-2-4-10(12)9(6-8)7-13/h2-6,13H,7H2,1H3. The van der Waals surface area contributed by atoms with Crippen LogP contribution in [0.25, 0.3) is 6.08 Å². The summed E-state index contributed by atoms with van der Waals surface area (Å²) in [6.07, 6.45) is 2.97. The number of aliphatic hydroxyl groups excluding tert-OH is 1. The zero-order valence-corrected chi connectivity index (χ0v) is 9.82. The second-order valence-corrected chi connectivity index (χ2v) is 3.72. The van der Waals surface area contributed by atoms with E-state index in [-0.39, 0.29) is 6.61 Å². The molecular formula is C11H11BrO3. The third kappa shape index (κ3) is 3.49. The molecule has 0 fully saturated rings. The number of aliphatic hydroxyl groups is 1. The van der Waals surface area contributed by atoms with Crippen LogP contribution in [0.4, 0.5) is 0 Å². The van der Waals surface area contributed by atoms with Gasteiger partial charge in [0.05, 0.1) is 13.7 Å². The molecule has 0 aliphatic rings. The Balaban J connectivity index is 2.87. The van der Waals surface area contributed by atoms with Crippen molar-refractivity contribution in [1.82, 2.24) is 0 Å². The van der Waals surface area contributed by atoms with E-state index in [0.29, 0.717) is 0 Å². The fraction of sp³-hybridized carbons (Fsp3) is 0.182. The lowest BCUT2D eigenvalue weighted by Crippen LogP contribution is -1.93. The Morgan fingerprint density at radius 2 is 2.33 bits per heavy atom. The van der Waals surface area contributed by atoms with Crippen LogP contribution in [0.5, 0.6) is 0 Å². The Kier molecular flexibility index (Phi) is 4.52. The van der Waals surface area contributed by atoms with Crippen molar-refractivity contribution in [3.63, 3.8) is 0 Å². The maximum atomic E-state index is 10.8. The van der Waals surface area contributed by atoms with E-state index in [1.54, 1.807) is 12.1 Å². The summed E-state index contributed by atoms with van der Waals surface area (Å²) in [4.78, 5) is 10.8. The number of ether oxygens (including phenoxy) is 1. The molecule has 1 aromatic rings. The molecule has 0 heterocycles. The second kappa shape index (κ2) is 5.68. The summed E-state index contributed by atoms with van der Waals surface area (Å²) in [5.41, 5.74) is 1.62. The molecule has 15 heavy (non-hydrogen) atoms. The van der Waals surface area contributed by atoms with Crippen LogP contribution in [0.15, 0.2) is 28.7 Å². The van der Waals surface area contributed by atoms with Gasteiger partial charge < -0.3 is 9.84 Å². The fourth-order valence-electron chi connectivity index (χ4n) is 1.05. The van der Waals surface area contributed by atoms with Gasteiger partial charge in [0.1, 0.15) is 0 Å². The number of methoxy groups -OCH3 is 1. The number of esters is 1. The first-order valence-corrected chi connectivity index (χ1v) is 5.12. The first-order valence-electron chi connectivity index (χ1n) is 4.32. The summed E-state index contributed by atoms with van der Waals surface area (Å²) in [5, 5.41) is 9.02. The highest BCUT2D eigenvalue weighted by Crippen LogP contribution is 2.18. The van der Waals surface area contributed by atoms with Gasteiger partial charge in [0.25, 0.3) is 0 Å². The van der Waals surface area contributed by atoms with Crippen molar-refractivity contribution in [2.75, 3.05) is 7.11 Å². The van der Waals surface area contributed by atoms with Crippen LogP contribution in [-0.4, -0.2) is 18.2 Å². The largest absolute Gasteiger partial charge is 0.466 e. The van der Waals surface area contributed by atoms with E-state index in [2.05, 4.69) is 20.7 Å². The summed E-state index contributed by atoms with van der Waals surface area (Å²) in [6, 6.07) is 5.45. The molecule has 0 saturated heterocycles. The monoisotopic (exact) mass is 270 g/mol. The van der Waals surface area contributed by atoms with Gasteiger partial charge in [-0.05, 0) is 29.3 Å². The van der Waals surface area contributed by atoms with Crippen LogP contribution in [0.3, 0.4) is 0 Å². The maximum Gasteiger partial charge on any atom is 0.330 e. The predicted molar refractivity (Wildman–Crippen MR) is 61.1 cm³/mol. The van der Waals surface area contributed by atoms with E-state index in [4.69, 9.17) is 5.11 Å². The first kappa shape index (κ1) is 11.9. The molecule has 1 aromatic carbocycles. The van der Waals surface area contributed by atoms with Crippen LogP contribution in [-0.2, 0) is 16.1 Å². The smallest absolute Gasteiger partial charge is 0.330 e. The average Bonchev–Trinajstić information content (AvgIpc) is 2.27. The molecule has 1 rings (SSSR count). The van der Waals surface area contributed by atoms with Gasteiger partial charge in [0.15, 0.2) is 0 Å². The Hall–Kier alpha value is -1.13. The summed E-state index contributed by atoms with van der Waals surface area (Å²) in [5.74, 6) is -0.400. The molecule has 1 N–H and O–H groups in total. The highest BCUT2D eigenvalue weighted by Gasteiger charge is 1.99. The third-order valence-corrected chi connectivity index (χ3v) is 2.63. The molecule has 0 aromatic heterocycles. The summed E-state index contributed by atoms with van der Waals surface area (Å²) >= 11 is 3.31. The van der Waals surface area contributed by atoms with E-state index in [1.165, 1.54) is 13.2 Å². The molecule has 0 aliphatic heterocycles. The quantitative estimate of drug-likeness (QED) is 0.676. The highest BCUT2D eigenvalue weighted by molar-refractivity contribution is 9.10. The van der Waals surface area contributed by atoms with Crippen molar-refractivity contribution >= 4 is 28.0 Å². The Labute approximate surface area is 96.5 Å². The zero-order chi connectivity index (χ0) is 11.3. The summed E-state index contributed by atoms with van der Waals surface area (Å²) < 4.78 is 5.32. The third-order valence-electron chi connectivity index (χ3n) is 1.85. The zero-order valence-electron chi connectivity index (χ0n) is 8.24. The number of halogens is 1. The van der Waals surface area contributed by atoms with E-state index >= 15 is 0 Å². The van der Waals surface area contributed by atoms with Gasteiger partial charge in [0, 0.05) is 10.5 Å². The number of hydrogen-bond acceptors (Lipinski definition) is 3.